The molecule has 0 aliphatic carbocycles. The standard InChI is InChI=1S/C19H33N3O4S/c1-4-7-12-22-17(14-20-19(22)27(24,25)6-3)15-21-11-9-8-10-16(21)13-18(23)26-5-2/h14,16H,4-13,15H2,1-3H3. The summed E-state index contributed by atoms with van der Waals surface area (Å²) in [4.78, 5) is 18.5. The summed E-state index contributed by atoms with van der Waals surface area (Å²) in [6.45, 7) is 8.11. The molecule has 154 valence electrons. The summed E-state index contributed by atoms with van der Waals surface area (Å²) in [5, 5.41) is 0.174. The van der Waals surface area contributed by atoms with E-state index in [1.807, 2.05) is 11.5 Å². The molecule has 1 saturated heterocycles. The molecule has 0 radical (unpaired) electrons. The molecule has 0 spiro atoms. The molecule has 7 nitrogen and oxygen atoms in total. The van der Waals surface area contributed by atoms with Crippen molar-refractivity contribution in [1.82, 2.24) is 14.5 Å². The first-order valence-electron chi connectivity index (χ1n) is 10.1. The fourth-order valence-corrected chi connectivity index (χ4v) is 4.59. The van der Waals surface area contributed by atoms with Crippen molar-refractivity contribution in [3.05, 3.63) is 11.9 Å². The number of hydrogen-bond acceptors (Lipinski definition) is 6. The Balaban J connectivity index is 2.21. The number of nitrogens with zero attached hydrogens (tertiary/aromatic N) is 3. The fraction of sp³-hybridized carbons (Fsp3) is 0.789. The molecule has 1 atom stereocenters. The summed E-state index contributed by atoms with van der Waals surface area (Å²) in [5.74, 6) is -0.117. The maximum Gasteiger partial charge on any atom is 0.307 e. The molecule has 0 N–H and O–H groups in total. The number of unbranched alkanes of at least 4 members (excludes halogenated alkanes) is 1. The van der Waals surface area contributed by atoms with E-state index in [1.165, 1.54) is 0 Å². The van der Waals surface area contributed by atoms with Crippen molar-refractivity contribution in [3.63, 3.8) is 0 Å². The van der Waals surface area contributed by atoms with Crippen LogP contribution in [0.5, 0.6) is 0 Å². The highest BCUT2D eigenvalue weighted by atomic mass is 32.2. The number of likely N-dealkylation sites (tertiary alicyclic amines) is 1. The van der Waals surface area contributed by atoms with Crippen LogP contribution in [0.1, 0.15) is 65.0 Å². The minimum Gasteiger partial charge on any atom is -0.466 e. The second kappa shape index (κ2) is 10.2. The highest BCUT2D eigenvalue weighted by molar-refractivity contribution is 7.91. The van der Waals surface area contributed by atoms with Gasteiger partial charge in [-0.1, -0.05) is 26.7 Å². The Hall–Kier alpha value is -1.41. The van der Waals surface area contributed by atoms with E-state index in [4.69, 9.17) is 4.74 Å². The Labute approximate surface area is 163 Å². The largest absolute Gasteiger partial charge is 0.466 e. The number of rotatable bonds is 10. The van der Waals surface area contributed by atoms with E-state index >= 15 is 0 Å². The zero-order chi connectivity index (χ0) is 19.9. The summed E-state index contributed by atoms with van der Waals surface area (Å²) in [6, 6.07) is 0.138. The molecule has 1 aliphatic heterocycles. The van der Waals surface area contributed by atoms with Gasteiger partial charge in [0, 0.05) is 19.1 Å². The van der Waals surface area contributed by atoms with Crippen LogP contribution >= 0.6 is 0 Å². The van der Waals surface area contributed by atoms with E-state index in [1.54, 1.807) is 13.1 Å². The molecule has 2 heterocycles. The molecule has 1 aromatic rings. The third-order valence-corrected chi connectivity index (χ3v) is 6.76. The highest BCUT2D eigenvalue weighted by Gasteiger charge is 2.28. The zero-order valence-electron chi connectivity index (χ0n) is 16.8. The monoisotopic (exact) mass is 399 g/mol. The molecule has 1 aliphatic rings. The van der Waals surface area contributed by atoms with Gasteiger partial charge in [-0.05, 0) is 32.7 Å². The van der Waals surface area contributed by atoms with Gasteiger partial charge in [-0.15, -0.1) is 0 Å². The zero-order valence-corrected chi connectivity index (χ0v) is 17.6. The smallest absolute Gasteiger partial charge is 0.307 e. The molecule has 0 bridgehead atoms. The molecule has 8 heteroatoms. The van der Waals surface area contributed by atoms with Gasteiger partial charge in [0.25, 0.3) is 0 Å². The van der Waals surface area contributed by atoms with Gasteiger partial charge in [-0.25, -0.2) is 13.4 Å². The summed E-state index contributed by atoms with van der Waals surface area (Å²) in [6.07, 6.45) is 7.11. The first-order valence-corrected chi connectivity index (χ1v) is 11.7. The van der Waals surface area contributed by atoms with Gasteiger partial charge in [-0.3, -0.25) is 9.69 Å². The lowest BCUT2D eigenvalue weighted by Gasteiger charge is -2.35. The van der Waals surface area contributed by atoms with E-state index in [0.717, 1.165) is 44.3 Å². The number of esters is 1. The average molecular weight is 400 g/mol. The third-order valence-electron chi connectivity index (χ3n) is 5.12. The highest BCUT2D eigenvalue weighted by Crippen LogP contribution is 2.24. The van der Waals surface area contributed by atoms with Crippen molar-refractivity contribution in [2.45, 2.75) is 83.6 Å². The Morgan fingerprint density at radius 3 is 2.74 bits per heavy atom. The number of piperidine rings is 1. The molecular formula is C19H33N3O4S. The number of aromatic nitrogens is 2. The van der Waals surface area contributed by atoms with Crippen molar-refractivity contribution in [3.8, 4) is 0 Å². The van der Waals surface area contributed by atoms with Crippen LogP contribution in [0.2, 0.25) is 0 Å². The first kappa shape index (κ1) is 21.9. The summed E-state index contributed by atoms with van der Waals surface area (Å²) in [5.41, 5.74) is 0.909. The summed E-state index contributed by atoms with van der Waals surface area (Å²) >= 11 is 0. The second-order valence-electron chi connectivity index (χ2n) is 7.07. The van der Waals surface area contributed by atoms with E-state index in [9.17, 15) is 13.2 Å². The van der Waals surface area contributed by atoms with E-state index in [0.29, 0.717) is 26.1 Å². The van der Waals surface area contributed by atoms with Crippen molar-refractivity contribution in [1.29, 1.82) is 0 Å². The minimum absolute atomic E-state index is 0.0464. The van der Waals surface area contributed by atoms with Crippen LogP contribution in [0.15, 0.2) is 11.4 Å². The quantitative estimate of drug-likeness (QED) is 0.563. The molecule has 1 fully saturated rings. The third kappa shape index (κ3) is 5.78. The van der Waals surface area contributed by atoms with Crippen LogP contribution in [0.25, 0.3) is 0 Å². The van der Waals surface area contributed by atoms with Crippen molar-refractivity contribution in [2.75, 3.05) is 18.9 Å². The van der Waals surface area contributed by atoms with E-state index in [-0.39, 0.29) is 22.9 Å². The molecule has 0 saturated carbocycles. The van der Waals surface area contributed by atoms with E-state index < -0.39 is 9.84 Å². The van der Waals surface area contributed by atoms with Gasteiger partial charge < -0.3 is 9.30 Å². The van der Waals surface area contributed by atoms with Gasteiger partial charge in [0.05, 0.1) is 30.7 Å². The first-order chi connectivity index (χ1) is 12.9. The van der Waals surface area contributed by atoms with Gasteiger partial charge in [0.2, 0.25) is 15.0 Å². The predicted molar refractivity (Wildman–Crippen MR) is 104 cm³/mol. The van der Waals surface area contributed by atoms with Gasteiger partial charge in [0.1, 0.15) is 0 Å². The minimum atomic E-state index is -3.36. The van der Waals surface area contributed by atoms with Crippen molar-refractivity contribution in [2.24, 2.45) is 0 Å². The predicted octanol–water partition coefficient (Wildman–Crippen LogP) is 2.78. The molecule has 0 aromatic carbocycles. The van der Waals surface area contributed by atoms with Crippen LogP contribution in [0.3, 0.4) is 0 Å². The topological polar surface area (TPSA) is 81.5 Å². The number of ether oxygens (including phenoxy) is 1. The normalized spacial score (nSPS) is 18.6. The maximum atomic E-state index is 12.4. The van der Waals surface area contributed by atoms with Gasteiger partial charge >= 0.3 is 5.97 Å². The Bertz CT molecular complexity index is 715. The Kier molecular flexibility index (Phi) is 8.28. The lowest BCUT2D eigenvalue weighted by atomic mass is 9.99. The average Bonchev–Trinajstić information content (AvgIpc) is 3.05. The van der Waals surface area contributed by atoms with Crippen LogP contribution in [0.4, 0.5) is 0 Å². The van der Waals surface area contributed by atoms with Crippen LogP contribution in [-0.2, 0) is 32.5 Å². The van der Waals surface area contributed by atoms with Crippen LogP contribution in [0, 0.1) is 0 Å². The summed E-state index contributed by atoms with van der Waals surface area (Å²) < 4.78 is 31.8. The lowest BCUT2D eigenvalue weighted by molar-refractivity contribution is -0.145. The molecule has 0 amide bonds. The summed E-state index contributed by atoms with van der Waals surface area (Å²) in [7, 11) is -3.36. The van der Waals surface area contributed by atoms with Crippen molar-refractivity contribution < 1.29 is 17.9 Å². The van der Waals surface area contributed by atoms with Gasteiger partial charge in [-0.2, -0.15) is 0 Å². The number of carbonyl (C=O) groups is 1. The number of sulfone groups is 1. The second-order valence-corrected chi connectivity index (χ2v) is 9.24. The fourth-order valence-electron chi connectivity index (χ4n) is 3.57. The lowest BCUT2D eigenvalue weighted by Crippen LogP contribution is -2.41. The Morgan fingerprint density at radius 2 is 2.07 bits per heavy atom. The molecule has 1 unspecified atom stereocenters. The SMILES string of the molecule is CCCCn1c(CN2CCCCC2CC(=O)OCC)cnc1S(=O)(=O)CC. The number of hydrogen-bond donors (Lipinski definition) is 0. The molecule has 1 aromatic heterocycles. The molecule has 2 rings (SSSR count). The van der Waals surface area contributed by atoms with Crippen molar-refractivity contribution >= 4 is 15.8 Å². The number of imidazole rings is 1. The molecule has 27 heavy (non-hydrogen) atoms. The van der Waals surface area contributed by atoms with E-state index in [2.05, 4.69) is 16.8 Å². The molecular weight excluding hydrogens is 366 g/mol. The number of carbonyl (C=O) groups excluding carboxylic acids is 1. The van der Waals surface area contributed by atoms with Gasteiger partial charge in [0.15, 0.2) is 0 Å². The van der Waals surface area contributed by atoms with Crippen LogP contribution < -0.4 is 0 Å². The Morgan fingerprint density at radius 1 is 1.30 bits per heavy atom. The van der Waals surface area contributed by atoms with Crippen LogP contribution in [-0.4, -0.2) is 53.8 Å². The maximum absolute atomic E-state index is 12.4.